The van der Waals surface area contributed by atoms with Crippen LogP contribution in [-0.4, -0.2) is 47.4 Å². The lowest BCUT2D eigenvalue weighted by molar-refractivity contribution is -0.143. The number of esters is 1. The van der Waals surface area contributed by atoms with Crippen LogP contribution in [0.4, 0.5) is 0 Å². The van der Waals surface area contributed by atoms with E-state index >= 15 is 0 Å². The van der Waals surface area contributed by atoms with Crippen molar-refractivity contribution in [2.24, 2.45) is 0 Å². The second kappa shape index (κ2) is 79.5. The van der Waals surface area contributed by atoms with Crippen LogP contribution in [0.2, 0.25) is 0 Å². The van der Waals surface area contributed by atoms with Crippen LogP contribution in [0.15, 0.2) is 36.5 Å². The molecule has 2 atom stereocenters. The molecule has 3 N–H and O–H groups in total. The Hall–Kier alpha value is -1.92. The van der Waals surface area contributed by atoms with E-state index in [-0.39, 0.29) is 18.5 Å². The zero-order chi connectivity index (χ0) is 64.9. The summed E-state index contributed by atoms with van der Waals surface area (Å²) in [6.45, 7) is 4.93. The highest BCUT2D eigenvalue weighted by Crippen LogP contribution is 2.20. The van der Waals surface area contributed by atoms with Gasteiger partial charge in [-0.25, -0.2) is 0 Å². The fraction of sp³-hybridized carbons (Fsp3) is 0.905. The molecule has 0 radical (unpaired) electrons. The quantitative estimate of drug-likeness (QED) is 0.0320. The van der Waals surface area contributed by atoms with E-state index in [0.29, 0.717) is 19.4 Å². The van der Waals surface area contributed by atoms with Crippen LogP contribution in [0.3, 0.4) is 0 Å². The number of carbonyl (C=O) groups is 2. The van der Waals surface area contributed by atoms with Crippen LogP contribution < -0.4 is 5.32 Å². The normalized spacial score (nSPS) is 12.6. The first-order valence-corrected chi connectivity index (χ1v) is 41.3. The van der Waals surface area contributed by atoms with Gasteiger partial charge in [-0.2, -0.15) is 0 Å². The molecule has 0 aromatic carbocycles. The average Bonchev–Trinajstić information content (AvgIpc) is 3.68. The largest absolute Gasteiger partial charge is 0.466 e. The first-order chi connectivity index (χ1) is 44.5. The van der Waals surface area contributed by atoms with Gasteiger partial charge in [-0.15, -0.1) is 0 Å². The molecule has 2 unspecified atom stereocenters. The minimum Gasteiger partial charge on any atom is -0.466 e. The second-order valence-electron chi connectivity index (χ2n) is 28.5. The Morgan fingerprint density at radius 2 is 0.556 bits per heavy atom. The van der Waals surface area contributed by atoms with Gasteiger partial charge in [0, 0.05) is 12.8 Å². The van der Waals surface area contributed by atoms with Gasteiger partial charge in [-0.3, -0.25) is 9.59 Å². The molecule has 0 saturated heterocycles. The third-order valence-electron chi connectivity index (χ3n) is 19.4. The Morgan fingerprint density at radius 1 is 0.311 bits per heavy atom. The first kappa shape index (κ1) is 88.1. The molecule has 0 bridgehead atoms. The van der Waals surface area contributed by atoms with Crippen molar-refractivity contribution in [2.75, 3.05) is 13.2 Å². The van der Waals surface area contributed by atoms with E-state index in [9.17, 15) is 19.8 Å². The van der Waals surface area contributed by atoms with Gasteiger partial charge in [0.25, 0.3) is 0 Å². The van der Waals surface area contributed by atoms with Crippen LogP contribution in [-0.2, 0) is 14.3 Å². The van der Waals surface area contributed by atoms with Gasteiger partial charge in [-0.1, -0.05) is 423 Å². The van der Waals surface area contributed by atoms with Crippen LogP contribution in [0.5, 0.6) is 0 Å². The Bertz CT molecular complexity index is 1460. The summed E-state index contributed by atoms with van der Waals surface area (Å²) < 4.78 is 5.50. The first-order valence-electron chi connectivity index (χ1n) is 41.3. The SMILES string of the molecule is CCCCCC/C=C\C/C=C\CCCCCCCC(=O)OCCCCCCCCCCCCCCCCCCCCCCCCCCCCCCCCCCCCCCCC(=O)NC(CO)C(O)/C=C/CCCCCCCCCCCCCCCCCCCC. The molecule has 0 aliphatic heterocycles. The maximum atomic E-state index is 12.5. The molecular formula is C84H161NO5. The van der Waals surface area contributed by atoms with Crippen molar-refractivity contribution in [1.29, 1.82) is 0 Å². The van der Waals surface area contributed by atoms with E-state index in [4.69, 9.17) is 4.74 Å². The van der Waals surface area contributed by atoms with Gasteiger partial charge in [0.05, 0.1) is 25.4 Å². The van der Waals surface area contributed by atoms with Gasteiger partial charge in [0.1, 0.15) is 0 Å². The maximum Gasteiger partial charge on any atom is 0.305 e. The van der Waals surface area contributed by atoms with Gasteiger partial charge >= 0.3 is 5.97 Å². The Balaban J connectivity index is 3.32. The van der Waals surface area contributed by atoms with E-state index in [0.717, 1.165) is 51.4 Å². The summed E-state index contributed by atoms with van der Waals surface area (Å²) in [5.41, 5.74) is 0. The van der Waals surface area contributed by atoms with Crippen LogP contribution in [0, 0.1) is 0 Å². The fourth-order valence-corrected chi connectivity index (χ4v) is 13.1. The highest BCUT2D eigenvalue weighted by Gasteiger charge is 2.18. The van der Waals surface area contributed by atoms with Gasteiger partial charge in [0.15, 0.2) is 0 Å². The molecule has 0 heterocycles. The lowest BCUT2D eigenvalue weighted by atomic mass is 10.0. The van der Waals surface area contributed by atoms with Crippen LogP contribution in [0.1, 0.15) is 463 Å². The maximum absolute atomic E-state index is 12.5. The van der Waals surface area contributed by atoms with E-state index in [1.807, 2.05) is 6.08 Å². The average molecular weight is 1270 g/mol. The molecule has 0 spiro atoms. The fourth-order valence-electron chi connectivity index (χ4n) is 13.1. The molecule has 0 aliphatic rings. The van der Waals surface area contributed by atoms with Gasteiger partial charge < -0.3 is 20.3 Å². The predicted octanol–water partition coefficient (Wildman–Crippen LogP) is 27.4. The van der Waals surface area contributed by atoms with E-state index in [1.165, 1.54) is 385 Å². The van der Waals surface area contributed by atoms with Gasteiger partial charge in [0.2, 0.25) is 5.91 Å². The number of hydrogen-bond donors (Lipinski definition) is 3. The second-order valence-corrected chi connectivity index (χ2v) is 28.5. The van der Waals surface area contributed by atoms with Crippen molar-refractivity contribution in [2.45, 2.75) is 475 Å². The number of nitrogens with one attached hydrogen (secondary N) is 1. The third kappa shape index (κ3) is 75.1. The molecule has 532 valence electrons. The summed E-state index contributed by atoms with van der Waals surface area (Å²) in [6, 6.07) is -0.624. The zero-order valence-corrected chi connectivity index (χ0v) is 61.1. The predicted molar refractivity (Wildman–Crippen MR) is 398 cm³/mol. The third-order valence-corrected chi connectivity index (χ3v) is 19.4. The molecule has 90 heavy (non-hydrogen) atoms. The number of aliphatic hydroxyl groups is 2. The molecule has 0 fully saturated rings. The molecule has 0 rings (SSSR count). The number of carbonyl (C=O) groups excluding carboxylic acids is 2. The highest BCUT2D eigenvalue weighted by atomic mass is 16.5. The lowest BCUT2D eigenvalue weighted by Gasteiger charge is -2.20. The van der Waals surface area contributed by atoms with E-state index < -0.39 is 12.1 Å². The smallest absolute Gasteiger partial charge is 0.305 e. The number of ether oxygens (including phenoxy) is 1. The van der Waals surface area contributed by atoms with Crippen molar-refractivity contribution < 1.29 is 24.5 Å². The molecule has 0 aliphatic carbocycles. The summed E-state index contributed by atoms with van der Waals surface area (Å²) in [5, 5.41) is 23.3. The summed E-state index contributed by atoms with van der Waals surface area (Å²) in [5.74, 6) is -0.0474. The summed E-state index contributed by atoms with van der Waals surface area (Å²) in [6.07, 6.45) is 104. The summed E-state index contributed by atoms with van der Waals surface area (Å²) in [4.78, 5) is 24.6. The molecule has 0 aromatic rings. The van der Waals surface area contributed by atoms with Crippen molar-refractivity contribution in [3.8, 4) is 0 Å². The number of unbranched alkanes of at least 4 members (excludes halogenated alkanes) is 63. The monoisotopic (exact) mass is 1260 g/mol. The van der Waals surface area contributed by atoms with E-state index in [1.54, 1.807) is 6.08 Å². The van der Waals surface area contributed by atoms with Crippen molar-refractivity contribution in [1.82, 2.24) is 5.32 Å². The van der Waals surface area contributed by atoms with Crippen molar-refractivity contribution >= 4 is 11.9 Å². The van der Waals surface area contributed by atoms with Crippen LogP contribution >= 0.6 is 0 Å². The molecule has 0 aromatic heterocycles. The standard InChI is InChI=1S/C84H161NO5/c1-3-5-7-9-11-13-15-17-19-21-22-42-45-48-52-56-60-64-68-72-76-82(87)81(80-86)85-83(88)77-73-69-65-61-57-53-49-46-43-40-38-36-34-32-30-28-26-24-23-25-27-29-31-33-35-37-39-41-44-47-51-55-59-63-67-71-75-79-90-84(89)78-74-70-66-62-58-54-50-20-18-16-14-12-10-8-6-4-2/h14,16,20,50,72,76,81-82,86-87H,3-13,15,17-19,21-49,51-71,73-75,77-80H2,1-2H3,(H,85,88)/b16-14-,50-20-,76-72+. The van der Waals surface area contributed by atoms with Crippen LogP contribution in [0.25, 0.3) is 0 Å². The summed E-state index contributed by atoms with van der Waals surface area (Å²) >= 11 is 0. The zero-order valence-electron chi connectivity index (χ0n) is 61.1. The Kier molecular flexibility index (Phi) is 77.8. The highest BCUT2D eigenvalue weighted by molar-refractivity contribution is 5.76. The Morgan fingerprint density at radius 3 is 0.856 bits per heavy atom. The number of allylic oxidation sites excluding steroid dienone is 5. The van der Waals surface area contributed by atoms with E-state index in [2.05, 4.69) is 43.5 Å². The van der Waals surface area contributed by atoms with Gasteiger partial charge in [-0.05, 0) is 64.2 Å². The number of hydrogen-bond acceptors (Lipinski definition) is 5. The minimum absolute atomic E-state index is 0.0104. The molecule has 6 nitrogen and oxygen atoms in total. The molecule has 0 saturated carbocycles. The van der Waals surface area contributed by atoms with Crippen molar-refractivity contribution in [3.05, 3.63) is 36.5 Å². The summed E-state index contributed by atoms with van der Waals surface area (Å²) in [7, 11) is 0. The molecular weight excluding hydrogens is 1100 g/mol. The van der Waals surface area contributed by atoms with Crippen molar-refractivity contribution in [3.63, 3.8) is 0 Å². The lowest BCUT2D eigenvalue weighted by Crippen LogP contribution is -2.45. The number of amides is 1. The number of rotatable bonds is 78. The number of aliphatic hydroxyl groups excluding tert-OH is 2. The minimum atomic E-state index is -0.841. The topological polar surface area (TPSA) is 95.9 Å². The molecule has 6 heteroatoms. The molecule has 1 amide bonds. The Labute approximate surface area is 564 Å².